The first kappa shape index (κ1) is 22.0. The fourth-order valence-electron chi connectivity index (χ4n) is 3.57. The zero-order valence-corrected chi connectivity index (χ0v) is 18.8. The van der Waals surface area contributed by atoms with Crippen LogP contribution in [0, 0.1) is 6.92 Å². The molecule has 1 saturated carbocycles. The Bertz CT molecular complexity index is 1090. The van der Waals surface area contributed by atoms with Crippen LogP contribution < -0.4 is 5.32 Å². The Kier molecular flexibility index (Phi) is 6.55. The molecule has 0 radical (unpaired) electrons. The SMILES string of the molecule is CC(=O)NC(CC(=O)N(Cc1nnc(-c2ccc(Cl)cc2)o1)C1CC1)c1ccc(C)cc1. The van der Waals surface area contributed by atoms with Crippen molar-refractivity contribution in [2.24, 2.45) is 0 Å². The van der Waals surface area contributed by atoms with Crippen molar-refractivity contribution in [3.63, 3.8) is 0 Å². The van der Waals surface area contributed by atoms with Gasteiger partial charge in [-0.3, -0.25) is 9.59 Å². The first-order valence-electron chi connectivity index (χ1n) is 10.6. The standard InChI is InChI=1S/C24H25ClN4O3/c1-15-3-5-17(6-4-15)21(26-16(2)30)13-23(31)29(20-11-12-20)14-22-27-28-24(32-22)18-7-9-19(25)10-8-18/h3-10,20-21H,11-14H2,1-2H3,(H,26,30). The van der Waals surface area contributed by atoms with E-state index < -0.39 is 6.04 Å². The van der Waals surface area contributed by atoms with Crippen LogP contribution in [0.1, 0.15) is 49.2 Å². The Balaban J connectivity index is 1.48. The molecule has 166 valence electrons. The van der Waals surface area contributed by atoms with E-state index in [-0.39, 0.29) is 30.8 Å². The second-order valence-electron chi connectivity index (χ2n) is 8.13. The quantitative estimate of drug-likeness (QED) is 0.545. The third-order valence-corrected chi connectivity index (χ3v) is 5.66. The third kappa shape index (κ3) is 5.53. The monoisotopic (exact) mass is 452 g/mol. The van der Waals surface area contributed by atoms with Crippen molar-refractivity contribution in [2.45, 2.75) is 51.7 Å². The smallest absolute Gasteiger partial charge is 0.247 e. The Labute approximate surface area is 191 Å². The molecule has 0 spiro atoms. The molecule has 4 rings (SSSR count). The van der Waals surface area contributed by atoms with E-state index in [9.17, 15) is 9.59 Å². The Morgan fingerprint density at radius 2 is 1.81 bits per heavy atom. The number of amides is 2. The summed E-state index contributed by atoms with van der Waals surface area (Å²) in [5, 5.41) is 11.8. The van der Waals surface area contributed by atoms with Crippen LogP contribution in [0.4, 0.5) is 0 Å². The molecule has 0 aliphatic heterocycles. The lowest BCUT2D eigenvalue weighted by molar-refractivity contribution is -0.133. The van der Waals surface area contributed by atoms with E-state index in [1.54, 1.807) is 17.0 Å². The van der Waals surface area contributed by atoms with Gasteiger partial charge in [0.2, 0.25) is 23.6 Å². The molecule has 1 aromatic heterocycles. The number of carbonyl (C=O) groups excluding carboxylic acids is 2. The van der Waals surface area contributed by atoms with Gasteiger partial charge in [-0.1, -0.05) is 41.4 Å². The van der Waals surface area contributed by atoms with E-state index in [0.29, 0.717) is 16.8 Å². The van der Waals surface area contributed by atoms with Crippen LogP contribution in [-0.4, -0.2) is 33.0 Å². The molecule has 1 fully saturated rings. The van der Waals surface area contributed by atoms with Crippen LogP contribution in [0.3, 0.4) is 0 Å². The van der Waals surface area contributed by atoms with Gasteiger partial charge in [-0.15, -0.1) is 10.2 Å². The third-order valence-electron chi connectivity index (χ3n) is 5.41. The molecule has 1 heterocycles. The number of halogens is 1. The fourth-order valence-corrected chi connectivity index (χ4v) is 3.69. The first-order valence-corrected chi connectivity index (χ1v) is 11.0. The summed E-state index contributed by atoms with van der Waals surface area (Å²) in [5.41, 5.74) is 2.79. The molecule has 1 N–H and O–H groups in total. The number of nitrogens with zero attached hydrogens (tertiary/aromatic N) is 3. The van der Waals surface area contributed by atoms with Gasteiger partial charge >= 0.3 is 0 Å². The minimum absolute atomic E-state index is 0.0573. The summed E-state index contributed by atoms with van der Waals surface area (Å²) in [5.74, 6) is 0.529. The predicted octanol–water partition coefficient (Wildman–Crippen LogP) is 4.46. The van der Waals surface area contributed by atoms with Crippen molar-refractivity contribution in [1.29, 1.82) is 0 Å². The number of aromatic nitrogens is 2. The minimum Gasteiger partial charge on any atom is -0.419 e. The van der Waals surface area contributed by atoms with Gasteiger partial charge in [0, 0.05) is 23.6 Å². The minimum atomic E-state index is -0.394. The zero-order chi connectivity index (χ0) is 22.7. The van der Waals surface area contributed by atoms with Crippen molar-refractivity contribution < 1.29 is 14.0 Å². The highest BCUT2D eigenvalue weighted by molar-refractivity contribution is 6.30. The summed E-state index contributed by atoms with van der Waals surface area (Å²) < 4.78 is 5.81. The molecule has 0 saturated heterocycles. The lowest BCUT2D eigenvalue weighted by atomic mass is 10.0. The molecular formula is C24H25ClN4O3. The first-order chi connectivity index (χ1) is 15.4. The summed E-state index contributed by atoms with van der Waals surface area (Å²) in [6.07, 6.45) is 2.05. The second-order valence-corrected chi connectivity index (χ2v) is 8.57. The highest BCUT2D eigenvalue weighted by Crippen LogP contribution is 2.31. The topological polar surface area (TPSA) is 88.3 Å². The summed E-state index contributed by atoms with van der Waals surface area (Å²) in [6, 6.07) is 14.7. The second kappa shape index (κ2) is 9.53. The van der Waals surface area contributed by atoms with Gasteiger partial charge in [0.1, 0.15) is 0 Å². The molecular weight excluding hydrogens is 428 g/mol. The summed E-state index contributed by atoms with van der Waals surface area (Å²) in [6.45, 7) is 3.70. The molecule has 1 aliphatic carbocycles. The Morgan fingerprint density at radius 3 is 2.44 bits per heavy atom. The van der Waals surface area contributed by atoms with Crippen molar-refractivity contribution in [2.75, 3.05) is 0 Å². The maximum absolute atomic E-state index is 13.2. The van der Waals surface area contributed by atoms with Crippen LogP contribution in [0.15, 0.2) is 52.9 Å². The molecule has 0 bridgehead atoms. The molecule has 1 aliphatic rings. The summed E-state index contributed by atoms with van der Waals surface area (Å²) in [7, 11) is 0. The Hall–Kier alpha value is -3.19. The number of hydrogen-bond donors (Lipinski definition) is 1. The van der Waals surface area contributed by atoms with Gasteiger partial charge in [-0.25, -0.2) is 0 Å². The highest BCUT2D eigenvalue weighted by Gasteiger charge is 2.35. The predicted molar refractivity (Wildman–Crippen MR) is 121 cm³/mol. The number of aryl methyl sites for hydroxylation is 1. The van der Waals surface area contributed by atoms with Crippen LogP contribution in [0.5, 0.6) is 0 Å². The molecule has 32 heavy (non-hydrogen) atoms. The number of nitrogens with one attached hydrogen (secondary N) is 1. The van der Waals surface area contributed by atoms with Crippen LogP contribution in [0.2, 0.25) is 5.02 Å². The maximum atomic E-state index is 13.2. The van der Waals surface area contributed by atoms with E-state index >= 15 is 0 Å². The zero-order valence-electron chi connectivity index (χ0n) is 18.0. The maximum Gasteiger partial charge on any atom is 0.247 e. The molecule has 8 heteroatoms. The van der Waals surface area contributed by atoms with E-state index in [4.69, 9.17) is 16.0 Å². The van der Waals surface area contributed by atoms with Crippen molar-refractivity contribution in [1.82, 2.24) is 20.4 Å². The van der Waals surface area contributed by atoms with Crippen molar-refractivity contribution in [3.8, 4) is 11.5 Å². The van der Waals surface area contributed by atoms with Gasteiger partial charge in [-0.05, 0) is 49.6 Å². The molecule has 2 amide bonds. The lowest BCUT2D eigenvalue weighted by Gasteiger charge is -2.25. The Morgan fingerprint density at radius 1 is 1.12 bits per heavy atom. The van der Waals surface area contributed by atoms with Crippen molar-refractivity contribution >= 4 is 23.4 Å². The fraction of sp³-hybridized carbons (Fsp3) is 0.333. The van der Waals surface area contributed by atoms with Gasteiger partial charge < -0.3 is 14.6 Å². The average molecular weight is 453 g/mol. The summed E-state index contributed by atoms with van der Waals surface area (Å²) >= 11 is 5.94. The molecule has 1 atom stereocenters. The van der Waals surface area contributed by atoms with E-state index in [1.165, 1.54) is 6.92 Å². The largest absolute Gasteiger partial charge is 0.419 e. The van der Waals surface area contributed by atoms with Crippen molar-refractivity contribution in [3.05, 3.63) is 70.6 Å². The number of hydrogen-bond acceptors (Lipinski definition) is 5. The highest BCUT2D eigenvalue weighted by atomic mass is 35.5. The van der Waals surface area contributed by atoms with Crippen LogP contribution in [0.25, 0.3) is 11.5 Å². The van der Waals surface area contributed by atoms with Gasteiger partial charge in [-0.2, -0.15) is 0 Å². The van der Waals surface area contributed by atoms with Crippen LogP contribution in [-0.2, 0) is 16.1 Å². The summed E-state index contributed by atoms with van der Waals surface area (Å²) in [4.78, 5) is 26.8. The van der Waals surface area contributed by atoms with E-state index in [2.05, 4.69) is 15.5 Å². The number of benzene rings is 2. The molecule has 2 aromatic carbocycles. The lowest BCUT2D eigenvalue weighted by Crippen LogP contribution is -2.37. The molecule has 1 unspecified atom stereocenters. The number of rotatable bonds is 8. The van der Waals surface area contributed by atoms with E-state index in [1.807, 2.05) is 43.3 Å². The van der Waals surface area contributed by atoms with Crippen LogP contribution >= 0.6 is 11.6 Å². The normalized spacial score (nSPS) is 14.1. The van der Waals surface area contributed by atoms with Gasteiger partial charge in [0.05, 0.1) is 19.0 Å². The van der Waals surface area contributed by atoms with Gasteiger partial charge in [0.15, 0.2) is 0 Å². The molecule has 7 nitrogen and oxygen atoms in total. The average Bonchev–Trinajstić information content (AvgIpc) is 3.50. The van der Waals surface area contributed by atoms with E-state index in [0.717, 1.165) is 29.5 Å². The van der Waals surface area contributed by atoms with Gasteiger partial charge in [0.25, 0.3) is 0 Å². The number of carbonyl (C=O) groups is 2. The molecule has 3 aromatic rings.